The molecule has 16 heavy (non-hydrogen) atoms. The van der Waals surface area contributed by atoms with Crippen LogP contribution in [0.4, 0.5) is 4.79 Å². The van der Waals surface area contributed by atoms with Gasteiger partial charge >= 0.3 is 12.1 Å². The number of rotatable bonds is 3. The third-order valence-corrected chi connectivity index (χ3v) is 2.78. The molecule has 0 spiro atoms. The first-order valence-corrected chi connectivity index (χ1v) is 5.40. The summed E-state index contributed by atoms with van der Waals surface area (Å²) in [5.41, 5.74) is -1.35. The molecule has 1 atom stereocenters. The maximum absolute atomic E-state index is 11.4. The van der Waals surface area contributed by atoms with Gasteiger partial charge in [0.2, 0.25) is 0 Å². The topological polar surface area (TPSA) is 75.6 Å². The van der Waals surface area contributed by atoms with Crippen molar-refractivity contribution in [1.82, 2.24) is 5.32 Å². The van der Waals surface area contributed by atoms with Crippen LogP contribution in [-0.2, 0) is 9.53 Å². The van der Waals surface area contributed by atoms with E-state index in [2.05, 4.69) is 5.32 Å². The van der Waals surface area contributed by atoms with Crippen molar-refractivity contribution in [3.05, 3.63) is 0 Å². The quantitative estimate of drug-likeness (QED) is 0.773. The highest BCUT2D eigenvalue weighted by Gasteiger charge is 2.55. The molecule has 1 amide bonds. The van der Waals surface area contributed by atoms with E-state index in [-0.39, 0.29) is 0 Å². The van der Waals surface area contributed by atoms with Crippen LogP contribution in [0.15, 0.2) is 0 Å². The molecule has 1 unspecified atom stereocenters. The Labute approximate surface area is 95.2 Å². The molecule has 0 bridgehead atoms. The second-order valence-corrected chi connectivity index (χ2v) is 5.33. The molecule has 2 N–H and O–H groups in total. The highest BCUT2D eigenvalue weighted by molar-refractivity contribution is 5.80. The van der Waals surface area contributed by atoms with Gasteiger partial charge in [0.05, 0.1) is 5.41 Å². The van der Waals surface area contributed by atoms with Gasteiger partial charge in [-0.1, -0.05) is 0 Å². The van der Waals surface area contributed by atoms with Gasteiger partial charge in [-0.25, -0.2) is 4.79 Å². The van der Waals surface area contributed by atoms with Gasteiger partial charge in [0.25, 0.3) is 0 Å². The molecular weight excluding hydrogens is 210 g/mol. The molecule has 0 heterocycles. The van der Waals surface area contributed by atoms with E-state index in [0.717, 1.165) is 0 Å². The van der Waals surface area contributed by atoms with Gasteiger partial charge in [-0.3, -0.25) is 4.79 Å². The third kappa shape index (κ3) is 2.87. The Morgan fingerprint density at radius 1 is 1.38 bits per heavy atom. The Bertz CT molecular complexity index is 302. The monoisotopic (exact) mass is 229 g/mol. The molecule has 1 saturated carbocycles. The minimum absolute atomic E-state index is 0.403. The van der Waals surface area contributed by atoms with E-state index in [1.165, 1.54) is 0 Å². The SMILES string of the molecule is CC(NC(=O)OC(C)(C)C)C1(C(=O)O)CC1. The standard InChI is InChI=1S/C11H19NO4/c1-7(11(5-6-11)8(13)14)12-9(15)16-10(2,3)4/h7H,5-6H2,1-4H3,(H,12,15)(H,13,14). The van der Waals surface area contributed by atoms with Gasteiger partial charge in [0.1, 0.15) is 5.60 Å². The van der Waals surface area contributed by atoms with E-state index in [4.69, 9.17) is 9.84 Å². The van der Waals surface area contributed by atoms with Gasteiger partial charge in [-0.15, -0.1) is 0 Å². The summed E-state index contributed by atoms with van der Waals surface area (Å²) in [4.78, 5) is 22.4. The van der Waals surface area contributed by atoms with Crippen LogP contribution in [0, 0.1) is 5.41 Å². The lowest BCUT2D eigenvalue weighted by molar-refractivity contribution is -0.144. The van der Waals surface area contributed by atoms with Crippen LogP contribution in [0.5, 0.6) is 0 Å². The zero-order chi connectivity index (χ0) is 12.6. The summed E-state index contributed by atoms with van der Waals surface area (Å²) >= 11 is 0. The fraction of sp³-hybridized carbons (Fsp3) is 0.818. The highest BCUT2D eigenvalue weighted by atomic mass is 16.6. The Hall–Kier alpha value is -1.26. The molecule has 5 nitrogen and oxygen atoms in total. The van der Waals surface area contributed by atoms with Crippen molar-refractivity contribution in [1.29, 1.82) is 0 Å². The molecule has 0 aromatic rings. The first-order chi connectivity index (χ1) is 7.17. The van der Waals surface area contributed by atoms with E-state index in [9.17, 15) is 9.59 Å². The highest BCUT2D eigenvalue weighted by Crippen LogP contribution is 2.48. The average molecular weight is 229 g/mol. The zero-order valence-corrected chi connectivity index (χ0v) is 10.2. The predicted molar refractivity (Wildman–Crippen MR) is 58.1 cm³/mol. The van der Waals surface area contributed by atoms with Crippen molar-refractivity contribution < 1.29 is 19.4 Å². The van der Waals surface area contributed by atoms with E-state index in [1.807, 2.05) is 0 Å². The fourth-order valence-corrected chi connectivity index (χ4v) is 1.59. The summed E-state index contributed by atoms with van der Waals surface area (Å²) in [6.07, 6.45) is 0.658. The smallest absolute Gasteiger partial charge is 0.407 e. The van der Waals surface area contributed by atoms with Crippen molar-refractivity contribution in [2.75, 3.05) is 0 Å². The Morgan fingerprint density at radius 2 is 1.88 bits per heavy atom. The number of carboxylic acid groups (broad SMARTS) is 1. The molecule has 0 aromatic heterocycles. The van der Waals surface area contributed by atoms with Crippen LogP contribution in [0.3, 0.4) is 0 Å². The summed E-state index contributed by atoms with van der Waals surface area (Å²) in [6.45, 7) is 7.00. The van der Waals surface area contributed by atoms with Crippen molar-refractivity contribution in [2.24, 2.45) is 5.41 Å². The van der Waals surface area contributed by atoms with Crippen LogP contribution < -0.4 is 5.32 Å². The first kappa shape index (κ1) is 12.8. The lowest BCUT2D eigenvalue weighted by Gasteiger charge is -2.24. The van der Waals surface area contributed by atoms with Gasteiger partial charge in [-0.05, 0) is 40.5 Å². The minimum Gasteiger partial charge on any atom is -0.481 e. The maximum atomic E-state index is 11.4. The normalized spacial score (nSPS) is 19.8. The third-order valence-electron chi connectivity index (χ3n) is 2.78. The molecule has 0 aliphatic heterocycles. The number of hydrogen-bond acceptors (Lipinski definition) is 3. The Balaban J connectivity index is 2.49. The fourth-order valence-electron chi connectivity index (χ4n) is 1.59. The summed E-state index contributed by atoms with van der Waals surface area (Å²) in [6, 6.07) is -0.403. The lowest BCUT2D eigenvalue weighted by atomic mass is 9.98. The summed E-state index contributed by atoms with van der Waals surface area (Å²) < 4.78 is 5.07. The second-order valence-electron chi connectivity index (χ2n) is 5.33. The summed E-state index contributed by atoms with van der Waals surface area (Å²) in [5, 5.41) is 11.6. The van der Waals surface area contributed by atoms with Crippen LogP contribution in [0.2, 0.25) is 0 Å². The number of amides is 1. The van der Waals surface area contributed by atoms with Crippen LogP contribution in [-0.4, -0.2) is 28.8 Å². The number of nitrogens with one attached hydrogen (secondary N) is 1. The maximum Gasteiger partial charge on any atom is 0.407 e. The number of aliphatic carboxylic acids is 1. The van der Waals surface area contributed by atoms with Gasteiger partial charge in [0.15, 0.2) is 0 Å². The number of alkyl carbamates (subject to hydrolysis) is 1. The minimum atomic E-state index is -0.851. The van der Waals surface area contributed by atoms with Crippen molar-refractivity contribution >= 4 is 12.1 Å². The first-order valence-electron chi connectivity index (χ1n) is 5.40. The Kier molecular flexibility index (Phi) is 3.17. The average Bonchev–Trinajstić information content (AvgIpc) is 2.78. The lowest BCUT2D eigenvalue weighted by Crippen LogP contribution is -2.44. The summed E-state index contributed by atoms with van der Waals surface area (Å²) in [5.74, 6) is -0.851. The molecule has 92 valence electrons. The molecule has 5 heteroatoms. The van der Waals surface area contributed by atoms with Crippen molar-refractivity contribution in [3.8, 4) is 0 Å². The number of carbonyl (C=O) groups excluding carboxylic acids is 1. The van der Waals surface area contributed by atoms with Gasteiger partial charge < -0.3 is 15.2 Å². The molecular formula is C11H19NO4. The van der Waals surface area contributed by atoms with E-state index < -0.39 is 29.1 Å². The molecule has 1 aliphatic carbocycles. The molecule has 0 radical (unpaired) electrons. The molecule has 0 aromatic carbocycles. The number of hydrogen-bond donors (Lipinski definition) is 2. The Morgan fingerprint density at radius 3 is 2.19 bits per heavy atom. The number of ether oxygens (including phenoxy) is 1. The van der Waals surface area contributed by atoms with Crippen molar-refractivity contribution in [3.63, 3.8) is 0 Å². The molecule has 1 aliphatic rings. The van der Waals surface area contributed by atoms with Crippen LogP contribution >= 0.6 is 0 Å². The molecule has 0 saturated heterocycles. The molecule has 1 fully saturated rings. The largest absolute Gasteiger partial charge is 0.481 e. The second kappa shape index (κ2) is 3.96. The van der Waals surface area contributed by atoms with Gasteiger partial charge in [0, 0.05) is 6.04 Å². The van der Waals surface area contributed by atoms with E-state index in [0.29, 0.717) is 12.8 Å². The van der Waals surface area contributed by atoms with Gasteiger partial charge in [-0.2, -0.15) is 0 Å². The zero-order valence-electron chi connectivity index (χ0n) is 10.2. The number of carboxylic acids is 1. The predicted octanol–water partition coefficient (Wildman–Crippen LogP) is 1.76. The van der Waals surface area contributed by atoms with Crippen molar-refractivity contribution in [2.45, 2.75) is 52.2 Å². The van der Waals surface area contributed by atoms with E-state index >= 15 is 0 Å². The number of carbonyl (C=O) groups is 2. The van der Waals surface area contributed by atoms with Crippen LogP contribution in [0.1, 0.15) is 40.5 Å². The van der Waals surface area contributed by atoms with E-state index in [1.54, 1.807) is 27.7 Å². The van der Waals surface area contributed by atoms with Crippen LogP contribution in [0.25, 0.3) is 0 Å². The summed E-state index contributed by atoms with van der Waals surface area (Å²) in [7, 11) is 0. The molecule has 1 rings (SSSR count).